The molecule has 1 atom stereocenters. The third-order valence-electron chi connectivity index (χ3n) is 3.30. The quantitative estimate of drug-likeness (QED) is 0.817. The molecule has 6 heteroatoms. The first-order valence-electron chi connectivity index (χ1n) is 6.49. The number of halogens is 1. The Hall–Kier alpha value is -1.40. The number of esters is 1. The molecule has 1 saturated heterocycles. The summed E-state index contributed by atoms with van der Waals surface area (Å²) in [7, 11) is 1.35. The van der Waals surface area contributed by atoms with E-state index >= 15 is 0 Å². The van der Waals surface area contributed by atoms with Crippen LogP contribution in [0.25, 0.3) is 0 Å². The van der Waals surface area contributed by atoms with Crippen molar-refractivity contribution in [2.24, 2.45) is 0 Å². The van der Waals surface area contributed by atoms with E-state index in [9.17, 15) is 9.59 Å². The molecule has 1 heterocycles. The van der Waals surface area contributed by atoms with E-state index in [1.807, 2.05) is 6.07 Å². The van der Waals surface area contributed by atoms with Gasteiger partial charge in [0.25, 0.3) is 0 Å². The number of nitrogens with one attached hydrogen (secondary N) is 2. The fourth-order valence-electron chi connectivity index (χ4n) is 2.14. The van der Waals surface area contributed by atoms with Gasteiger partial charge in [-0.3, -0.25) is 4.79 Å². The first-order valence-corrected chi connectivity index (χ1v) is 7.29. The van der Waals surface area contributed by atoms with Crippen molar-refractivity contribution in [3.8, 4) is 0 Å². The maximum absolute atomic E-state index is 11.6. The van der Waals surface area contributed by atoms with Crippen LogP contribution in [0, 0.1) is 0 Å². The molecule has 2 rings (SSSR count). The van der Waals surface area contributed by atoms with Crippen LogP contribution in [-0.4, -0.2) is 31.6 Å². The van der Waals surface area contributed by atoms with Crippen LogP contribution in [0.5, 0.6) is 0 Å². The van der Waals surface area contributed by atoms with Gasteiger partial charge in [-0.1, -0.05) is 22.0 Å². The standard InChI is InChI=1S/C14H17BrN2O3/c1-20-14(19)9-4-5-10(11(15)7-9)8-17-12-3-2-6-16-13(12)18/h4-5,7,12,17H,2-3,6,8H2,1H3,(H,16,18). The lowest BCUT2D eigenvalue weighted by Gasteiger charge is -2.23. The van der Waals surface area contributed by atoms with Crippen LogP contribution in [-0.2, 0) is 16.1 Å². The first-order chi connectivity index (χ1) is 9.61. The molecule has 1 aromatic carbocycles. The number of ether oxygens (including phenoxy) is 1. The zero-order valence-electron chi connectivity index (χ0n) is 11.2. The van der Waals surface area contributed by atoms with Crippen LogP contribution >= 0.6 is 15.9 Å². The van der Waals surface area contributed by atoms with Crippen molar-refractivity contribution < 1.29 is 14.3 Å². The molecule has 1 amide bonds. The van der Waals surface area contributed by atoms with Gasteiger partial charge < -0.3 is 15.4 Å². The summed E-state index contributed by atoms with van der Waals surface area (Å²) in [4.78, 5) is 23.0. The van der Waals surface area contributed by atoms with Gasteiger partial charge in [-0.25, -0.2) is 4.79 Å². The predicted molar refractivity (Wildman–Crippen MR) is 78.4 cm³/mol. The minimum atomic E-state index is -0.364. The van der Waals surface area contributed by atoms with Crippen LogP contribution in [0.3, 0.4) is 0 Å². The minimum Gasteiger partial charge on any atom is -0.465 e. The van der Waals surface area contributed by atoms with Crippen LogP contribution in [0.2, 0.25) is 0 Å². The van der Waals surface area contributed by atoms with Gasteiger partial charge in [-0.2, -0.15) is 0 Å². The van der Waals surface area contributed by atoms with E-state index in [4.69, 9.17) is 0 Å². The summed E-state index contributed by atoms with van der Waals surface area (Å²) >= 11 is 3.44. The monoisotopic (exact) mass is 340 g/mol. The average Bonchev–Trinajstić information content (AvgIpc) is 2.46. The highest BCUT2D eigenvalue weighted by molar-refractivity contribution is 9.10. The molecule has 0 saturated carbocycles. The van der Waals surface area contributed by atoms with Gasteiger partial charge in [0, 0.05) is 17.6 Å². The number of amides is 1. The molecule has 5 nitrogen and oxygen atoms in total. The Bertz CT molecular complexity index is 519. The Balaban J connectivity index is 1.99. The third kappa shape index (κ3) is 3.58. The van der Waals surface area contributed by atoms with Gasteiger partial charge in [-0.05, 0) is 30.5 Å². The summed E-state index contributed by atoms with van der Waals surface area (Å²) in [6.45, 7) is 1.33. The second-order valence-electron chi connectivity index (χ2n) is 4.66. The fourth-order valence-corrected chi connectivity index (χ4v) is 2.65. The van der Waals surface area contributed by atoms with Crippen molar-refractivity contribution in [1.82, 2.24) is 10.6 Å². The van der Waals surface area contributed by atoms with E-state index in [-0.39, 0.29) is 17.9 Å². The zero-order chi connectivity index (χ0) is 14.5. The number of carbonyl (C=O) groups excluding carboxylic acids is 2. The van der Waals surface area contributed by atoms with Crippen LogP contribution in [0.15, 0.2) is 22.7 Å². The predicted octanol–water partition coefficient (Wildman–Crippen LogP) is 1.60. The number of rotatable bonds is 4. The summed E-state index contributed by atoms with van der Waals surface area (Å²) in [6, 6.07) is 5.15. The molecular weight excluding hydrogens is 324 g/mol. The second-order valence-corrected chi connectivity index (χ2v) is 5.52. The molecule has 1 unspecified atom stereocenters. The molecule has 0 radical (unpaired) electrons. The topological polar surface area (TPSA) is 67.4 Å². The van der Waals surface area contributed by atoms with Crippen molar-refractivity contribution in [2.75, 3.05) is 13.7 Å². The van der Waals surface area contributed by atoms with Crippen molar-refractivity contribution in [3.63, 3.8) is 0 Å². The molecular formula is C14H17BrN2O3. The van der Waals surface area contributed by atoms with E-state index in [1.54, 1.807) is 12.1 Å². The lowest BCUT2D eigenvalue weighted by atomic mass is 10.1. The van der Waals surface area contributed by atoms with E-state index < -0.39 is 0 Å². The summed E-state index contributed by atoms with van der Waals surface area (Å²) in [5, 5.41) is 6.07. The zero-order valence-corrected chi connectivity index (χ0v) is 12.8. The molecule has 0 aromatic heterocycles. The SMILES string of the molecule is COC(=O)c1ccc(CNC2CCCNC2=O)c(Br)c1. The van der Waals surface area contributed by atoms with Gasteiger partial charge in [0.2, 0.25) is 5.91 Å². The molecule has 1 fully saturated rings. The van der Waals surface area contributed by atoms with E-state index in [0.29, 0.717) is 12.1 Å². The van der Waals surface area contributed by atoms with Crippen LogP contribution in [0.4, 0.5) is 0 Å². The molecule has 0 spiro atoms. The number of carbonyl (C=O) groups is 2. The summed E-state index contributed by atoms with van der Waals surface area (Å²) < 4.78 is 5.50. The number of benzene rings is 1. The Morgan fingerprint density at radius 1 is 1.55 bits per heavy atom. The van der Waals surface area contributed by atoms with Crippen LogP contribution < -0.4 is 10.6 Å². The highest BCUT2D eigenvalue weighted by Gasteiger charge is 2.21. The van der Waals surface area contributed by atoms with E-state index in [1.165, 1.54) is 7.11 Å². The van der Waals surface area contributed by atoms with Gasteiger partial charge in [0.05, 0.1) is 18.7 Å². The number of hydrogen-bond acceptors (Lipinski definition) is 4. The fraction of sp³-hybridized carbons (Fsp3) is 0.429. The minimum absolute atomic E-state index is 0.0542. The van der Waals surface area contributed by atoms with Crippen molar-refractivity contribution in [2.45, 2.75) is 25.4 Å². The highest BCUT2D eigenvalue weighted by Crippen LogP contribution is 2.19. The molecule has 1 aliphatic rings. The Morgan fingerprint density at radius 3 is 3.00 bits per heavy atom. The second kappa shape index (κ2) is 6.85. The van der Waals surface area contributed by atoms with Crippen molar-refractivity contribution >= 4 is 27.8 Å². The number of piperidine rings is 1. The lowest BCUT2D eigenvalue weighted by Crippen LogP contribution is -2.47. The number of methoxy groups -OCH3 is 1. The summed E-state index contributed by atoms with van der Waals surface area (Å²) in [5.74, 6) is -0.310. The molecule has 1 aliphatic heterocycles. The third-order valence-corrected chi connectivity index (χ3v) is 4.04. The Kier molecular flexibility index (Phi) is 5.14. The van der Waals surface area contributed by atoms with Gasteiger partial charge in [-0.15, -0.1) is 0 Å². The molecule has 20 heavy (non-hydrogen) atoms. The smallest absolute Gasteiger partial charge is 0.337 e. The number of hydrogen-bond donors (Lipinski definition) is 2. The highest BCUT2D eigenvalue weighted by atomic mass is 79.9. The van der Waals surface area contributed by atoms with Crippen LogP contribution in [0.1, 0.15) is 28.8 Å². The van der Waals surface area contributed by atoms with E-state index in [0.717, 1.165) is 29.4 Å². The molecule has 108 valence electrons. The van der Waals surface area contributed by atoms with E-state index in [2.05, 4.69) is 31.3 Å². The molecule has 1 aromatic rings. The Morgan fingerprint density at radius 2 is 2.35 bits per heavy atom. The summed E-state index contributed by atoms with van der Waals surface area (Å²) in [5.41, 5.74) is 1.49. The summed E-state index contributed by atoms with van der Waals surface area (Å²) in [6.07, 6.45) is 1.84. The van der Waals surface area contributed by atoms with Gasteiger partial charge in [0.1, 0.15) is 0 Å². The average molecular weight is 341 g/mol. The lowest BCUT2D eigenvalue weighted by molar-refractivity contribution is -0.124. The maximum atomic E-state index is 11.6. The van der Waals surface area contributed by atoms with Crippen molar-refractivity contribution in [1.29, 1.82) is 0 Å². The molecule has 0 bridgehead atoms. The molecule has 0 aliphatic carbocycles. The molecule has 2 N–H and O–H groups in total. The van der Waals surface area contributed by atoms with Gasteiger partial charge >= 0.3 is 5.97 Å². The van der Waals surface area contributed by atoms with Gasteiger partial charge in [0.15, 0.2) is 0 Å². The van der Waals surface area contributed by atoms with Crippen molar-refractivity contribution in [3.05, 3.63) is 33.8 Å². The normalized spacial score (nSPS) is 18.5. The first kappa shape index (κ1) is 15.0. The maximum Gasteiger partial charge on any atom is 0.337 e. The Labute approximate surface area is 126 Å². The largest absolute Gasteiger partial charge is 0.465 e.